The maximum atomic E-state index is 13.1. The van der Waals surface area contributed by atoms with Gasteiger partial charge in [0.2, 0.25) is 10.0 Å². The summed E-state index contributed by atoms with van der Waals surface area (Å²) in [5.74, 6) is -0.244. The fourth-order valence-corrected chi connectivity index (χ4v) is 5.32. The summed E-state index contributed by atoms with van der Waals surface area (Å²) in [4.78, 5) is 13.2. The summed E-state index contributed by atoms with van der Waals surface area (Å²) in [7, 11) is -3.59. The van der Waals surface area contributed by atoms with Crippen LogP contribution in [0.3, 0.4) is 0 Å². The number of hydrogen-bond donors (Lipinski definition) is 1. The molecule has 1 atom stereocenters. The first-order chi connectivity index (χ1) is 13.9. The molecule has 1 fully saturated rings. The Hall–Kier alpha value is -2.18. The smallest absolute Gasteiger partial charge is 0.252 e. The van der Waals surface area contributed by atoms with Gasteiger partial charge >= 0.3 is 0 Å². The van der Waals surface area contributed by atoms with Crippen LogP contribution in [0.15, 0.2) is 53.4 Å². The van der Waals surface area contributed by atoms with E-state index in [1.54, 1.807) is 16.4 Å². The number of nitrogens with zero attached hydrogens (tertiary/aromatic N) is 1. The van der Waals surface area contributed by atoms with Crippen LogP contribution in [0.4, 0.5) is 0 Å². The zero-order chi connectivity index (χ0) is 20.9. The summed E-state index contributed by atoms with van der Waals surface area (Å²) >= 11 is 0. The van der Waals surface area contributed by atoms with E-state index in [9.17, 15) is 13.2 Å². The highest BCUT2D eigenvalue weighted by Gasteiger charge is 2.26. The molecule has 0 saturated carbocycles. The van der Waals surface area contributed by atoms with Crippen molar-refractivity contribution in [2.24, 2.45) is 0 Å². The van der Waals surface area contributed by atoms with E-state index in [0.29, 0.717) is 18.7 Å². The molecule has 2 aromatic rings. The molecular weight excluding hydrogens is 384 g/mol. The molecule has 1 aliphatic heterocycles. The molecule has 5 nitrogen and oxygen atoms in total. The number of carbonyl (C=O) groups excluding carboxylic acids is 1. The summed E-state index contributed by atoms with van der Waals surface area (Å²) in [6.45, 7) is 4.94. The van der Waals surface area contributed by atoms with Gasteiger partial charge < -0.3 is 5.32 Å². The highest BCUT2D eigenvalue weighted by Crippen LogP contribution is 2.24. The van der Waals surface area contributed by atoms with E-state index in [0.717, 1.165) is 43.2 Å². The summed E-state index contributed by atoms with van der Waals surface area (Å²) in [6, 6.07) is 14.6. The van der Waals surface area contributed by atoms with E-state index in [1.165, 1.54) is 6.07 Å². The number of rotatable bonds is 6. The minimum Gasteiger partial charge on any atom is -0.345 e. The topological polar surface area (TPSA) is 66.5 Å². The number of nitrogens with one attached hydrogen (secondary N) is 1. The van der Waals surface area contributed by atoms with Gasteiger partial charge in [-0.05, 0) is 49.4 Å². The zero-order valence-electron chi connectivity index (χ0n) is 17.2. The van der Waals surface area contributed by atoms with Crippen molar-refractivity contribution in [3.8, 4) is 0 Å². The molecule has 0 spiro atoms. The van der Waals surface area contributed by atoms with E-state index in [4.69, 9.17) is 0 Å². The van der Waals surface area contributed by atoms with E-state index in [-0.39, 0.29) is 16.8 Å². The average molecular weight is 415 g/mol. The number of carbonyl (C=O) groups is 1. The largest absolute Gasteiger partial charge is 0.345 e. The van der Waals surface area contributed by atoms with Crippen LogP contribution in [0, 0.1) is 6.92 Å². The van der Waals surface area contributed by atoms with Crippen LogP contribution >= 0.6 is 0 Å². The van der Waals surface area contributed by atoms with Crippen LogP contribution in [0.2, 0.25) is 0 Å². The molecule has 1 N–H and O–H groups in total. The molecule has 1 unspecified atom stereocenters. The van der Waals surface area contributed by atoms with Crippen molar-refractivity contribution in [3.63, 3.8) is 0 Å². The Balaban J connectivity index is 1.85. The van der Waals surface area contributed by atoms with Gasteiger partial charge in [-0.1, -0.05) is 56.2 Å². The first-order valence-corrected chi connectivity index (χ1v) is 11.8. The lowest BCUT2D eigenvalue weighted by molar-refractivity contribution is 0.0934. The van der Waals surface area contributed by atoms with Gasteiger partial charge in [-0.25, -0.2) is 8.42 Å². The summed E-state index contributed by atoms with van der Waals surface area (Å²) < 4.78 is 27.8. The number of aryl methyl sites for hydroxylation is 1. The van der Waals surface area contributed by atoms with Crippen molar-refractivity contribution in [3.05, 3.63) is 65.2 Å². The third-order valence-electron chi connectivity index (χ3n) is 5.57. The highest BCUT2D eigenvalue weighted by atomic mass is 32.2. The Morgan fingerprint density at radius 3 is 2.31 bits per heavy atom. The molecule has 0 radical (unpaired) electrons. The first-order valence-electron chi connectivity index (χ1n) is 10.4. The molecule has 2 aromatic carbocycles. The van der Waals surface area contributed by atoms with Crippen LogP contribution in [0.1, 0.15) is 66.6 Å². The van der Waals surface area contributed by atoms with Crippen molar-refractivity contribution in [1.29, 1.82) is 0 Å². The third kappa shape index (κ3) is 5.06. The van der Waals surface area contributed by atoms with Crippen LogP contribution in [0.25, 0.3) is 0 Å². The van der Waals surface area contributed by atoms with Gasteiger partial charge in [0.05, 0.1) is 10.9 Å². The molecule has 6 heteroatoms. The number of sulfonamides is 1. The van der Waals surface area contributed by atoms with Gasteiger partial charge in [0.1, 0.15) is 0 Å². The maximum absolute atomic E-state index is 13.1. The second kappa shape index (κ2) is 9.55. The summed E-state index contributed by atoms with van der Waals surface area (Å²) in [5.41, 5.74) is 2.21. The Bertz CT molecular complexity index is 934. The molecule has 0 bridgehead atoms. The molecule has 0 aliphatic carbocycles. The lowest BCUT2D eigenvalue weighted by Gasteiger charge is -2.21. The Labute approximate surface area is 174 Å². The fraction of sp³-hybridized carbons (Fsp3) is 0.435. The zero-order valence-corrected chi connectivity index (χ0v) is 18.0. The molecule has 1 saturated heterocycles. The molecular formula is C23H30N2O3S. The molecule has 1 amide bonds. The lowest BCUT2D eigenvalue weighted by Crippen LogP contribution is -2.32. The van der Waals surface area contributed by atoms with Gasteiger partial charge in [-0.15, -0.1) is 0 Å². The van der Waals surface area contributed by atoms with Crippen molar-refractivity contribution in [1.82, 2.24) is 9.62 Å². The fourth-order valence-electron chi connectivity index (χ4n) is 3.78. The third-order valence-corrected chi connectivity index (χ3v) is 7.47. The standard InChI is InChI=1S/C23H30N2O3S/c1-3-22(19-11-7-6-8-12-19)24-23(26)21-17-20(14-13-18(21)2)29(27,28)25-15-9-4-5-10-16-25/h6-8,11-14,17,22H,3-5,9-10,15-16H2,1-2H3,(H,24,26). The Morgan fingerprint density at radius 2 is 1.69 bits per heavy atom. The van der Waals surface area contributed by atoms with Gasteiger partial charge in [0.25, 0.3) is 5.91 Å². The Kier molecular flexibility index (Phi) is 7.09. The van der Waals surface area contributed by atoms with Crippen LogP contribution < -0.4 is 5.32 Å². The normalized spacial score (nSPS) is 16.8. The molecule has 1 heterocycles. The maximum Gasteiger partial charge on any atom is 0.252 e. The van der Waals surface area contributed by atoms with Gasteiger partial charge in [-0.2, -0.15) is 4.31 Å². The van der Waals surface area contributed by atoms with Crippen molar-refractivity contribution >= 4 is 15.9 Å². The second-order valence-electron chi connectivity index (χ2n) is 7.64. The lowest BCUT2D eigenvalue weighted by atomic mass is 10.0. The number of benzene rings is 2. The summed E-state index contributed by atoms with van der Waals surface area (Å²) in [6.07, 6.45) is 4.64. The first kappa shape index (κ1) is 21.5. The van der Waals surface area contributed by atoms with Crippen molar-refractivity contribution in [2.45, 2.75) is 56.9 Å². The van der Waals surface area contributed by atoms with E-state index < -0.39 is 10.0 Å². The molecule has 29 heavy (non-hydrogen) atoms. The van der Waals surface area contributed by atoms with Gasteiger partial charge in [0.15, 0.2) is 0 Å². The number of amides is 1. The van der Waals surface area contributed by atoms with Crippen LogP contribution in [-0.4, -0.2) is 31.7 Å². The van der Waals surface area contributed by atoms with Gasteiger partial charge in [0, 0.05) is 18.7 Å². The second-order valence-corrected chi connectivity index (χ2v) is 9.58. The van der Waals surface area contributed by atoms with Crippen molar-refractivity contribution < 1.29 is 13.2 Å². The average Bonchev–Trinajstić information content (AvgIpc) is 3.03. The number of hydrogen-bond acceptors (Lipinski definition) is 3. The summed E-state index contributed by atoms with van der Waals surface area (Å²) in [5, 5.41) is 3.06. The quantitative estimate of drug-likeness (QED) is 0.760. The molecule has 0 aromatic heterocycles. The van der Waals surface area contributed by atoms with Gasteiger partial charge in [-0.3, -0.25) is 4.79 Å². The van der Waals surface area contributed by atoms with E-state index in [2.05, 4.69) is 5.32 Å². The van der Waals surface area contributed by atoms with Crippen molar-refractivity contribution in [2.75, 3.05) is 13.1 Å². The van der Waals surface area contributed by atoms with Crippen LogP contribution in [-0.2, 0) is 10.0 Å². The predicted molar refractivity (Wildman–Crippen MR) is 115 cm³/mol. The Morgan fingerprint density at radius 1 is 1.03 bits per heavy atom. The molecule has 156 valence electrons. The minimum atomic E-state index is -3.59. The SMILES string of the molecule is CCC(NC(=O)c1cc(S(=O)(=O)N2CCCCCC2)ccc1C)c1ccccc1. The van der Waals surface area contributed by atoms with E-state index >= 15 is 0 Å². The van der Waals surface area contributed by atoms with E-state index in [1.807, 2.05) is 44.2 Å². The molecule has 3 rings (SSSR count). The van der Waals surface area contributed by atoms with Crippen LogP contribution in [0.5, 0.6) is 0 Å². The molecule has 1 aliphatic rings. The minimum absolute atomic E-state index is 0.117. The monoisotopic (exact) mass is 414 g/mol. The highest BCUT2D eigenvalue weighted by molar-refractivity contribution is 7.89. The predicted octanol–water partition coefficient (Wildman–Crippen LogP) is 4.44.